The van der Waals surface area contributed by atoms with Gasteiger partial charge in [-0.05, 0) is 6.07 Å². The Morgan fingerprint density at radius 3 is 2.70 bits per heavy atom. The molecule has 1 aromatic carbocycles. The number of nitrogens with zero attached hydrogens (tertiary/aromatic N) is 2. The van der Waals surface area contributed by atoms with Crippen LogP contribution in [0.25, 0.3) is 0 Å². The van der Waals surface area contributed by atoms with E-state index in [4.69, 9.17) is 4.74 Å². The number of hydrogen-bond donors (Lipinski definition) is 1. The van der Waals surface area contributed by atoms with Crippen molar-refractivity contribution in [2.75, 3.05) is 19.0 Å². The van der Waals surface area contributed by atoms with E-state index in [9.17, 15) is 13.2 Å². The van der Waals surface area contributed by atoms with Gasteiger partial charge in [0.05, 0.1) is 25.0 Å². The molecule has 4 nitrogen and oxygen atoms in total. The van der Waals surface area contributed by atoms with Crippen LogP contribution in [0.15, 0.2) is 24.5 Å². The normalized spacial score (nSPS) is 10.8. The van der Waals surface area contributed by atoms with Gasteiger partial charge >= 0.3 is 0 Å². The highest BCUT2D eigenvalue weighted by Gasteiger charge is 2.09. The van der Waals surface area contributed by atoms with Crippen LogP contribution >= 0.6 is 0 Å². The van der Waals surface area contributed by atoms with Crippen molar-refractivity contribution in [3.05, 3.63) is 47.5 Å². The first-order valence-corrected chi connectivity index (χ1v) is 5.99. The van der Waals surface area contributed by atoms with Gasteiger partial charge in [-0.1, -0.05) is 0 Å². The quantitative estimate of drug-likeness (QED) is 0.829. The number of aromatic nitrogens is 2. The van der Waals surface area contributed by atoms with Crippen LogP contribution in [0.4, 0.5) is 18.9 Å². The van der Waals surface area contributed by atoms with Gasteiger partial charge in [0.25, 0.3) is 0 Å². The third-order valence-electron chi connectivity index (χ3n) is 2.73. The highest BCUT2D eigenvalue weighted by molar-refractivity contribution is 5.39. The highest BCUT2D eigenvalue weighted by Crippen LogP contribution is 2.15. The monoisotopic (exact) mass is 285 g/mol. The molecule has 1 aromatic heterocycles. The smallest absolute Gasteiger partial charge is 0.161 e. The minimum Gasteiger partial charge on any atom is -0.383 e. The van der Waals surface area contributed by atoms with E-state index in [0.29, 0.717) is 24.9 Å². The summed E-state index contributed by atoms with van der Waals surface area (Å²) in [6.45, 7) is 1.16. The zero-order valence-corrected chi connectivity index (χ0v) is 10.9. The molecule has 0 aliphatic heterocycles. The highest BCUT2D eigenvalue weighted by atomic mass is 19.2. The Hall–Kier alpha value is -2.02. The van der Waals surface area contributed by atoms with Crippen LogP contribution in [-0.4, -0.2) is 23.5 Å². The van der Waals surface area contributed by atoms with E-state index in [1.165, 1.54) is 0 Å². The van der Waals surface area contributed by atoms with Crippen molar-refractivity contribution in [2.45, 2.75) is 13.1 Å². The Labute approximate surface area is 114 Å². The van der Waals surface area contributed by atoms with Crippen LogP contribution < -0.4 is 5.32 Å². The van der Waals surface area contributed by atoms with Crippen LogP contribution in [0.5, 0.6) is 0 Å². The topological polar surface area (TPSA) is 39.1 Å². The Bertz CT molecular complexity index is 586. The first kappa shape index (κ1) is 14.4. The molecule has 0 unspecified atom stereocenters. The van der Waals surface area contributed by atoms with Crippen molar-refractivity contribution in [1.82, 2.24) is 9.78 Å². The summed E-state index contributed by atoms with van der Waals surface area (Å²) in [6, 6.07) is 1.38. The SMILES string of the molecule is COCCn1cc(NCc2cc(F)c(F)cc2F)cn1. The maximum Gasteiger partial charge on any atom is 0.161 e. The molecule has 108 valence electrons. The first-order valence-electron chi connectivity index (χ1n) is 5.99. The lowest BCUT2D eigenvalue weighted by Gasteiger charge is -2.06. The number of nitrogens with one attached hydrogen (secondary N) is 1. The summed E-state index contributed by atoms with van der Waals surface area (Å²) in [5, 5.41) is 6.96. The molecule has 0 bridgehead atoms. The Kier molecular flexibility index (Phi) is 4.62. The van der Waals surface area contributed by atoms with Crippen molar-refractivity contribution in [3.63, 3.8) is 0 Å². The van der Waals surface area contributed by atoms with Crippen LogP contribution in [0.3, 0.4) is 0 Å². The molecule has 0 aliphatic rings. The van der Waals surface area contributed by atoms with Gasteiger partial charge in [-0.15, -0.1) is 0 Å². The zero-order valence-electron chi connectivity index (χ0n) is 10.9. The molecule has 0 spiro atoms. The maximum atomic E-state index is 13.4. The number of ether oxygens (including phenoxy) is 1. The van der Waals surface area contributed by atoms with Gasteiger partial charge in [0.15, 0.2) is 11.6 Å². The summed E-state index contributed by atoms with van der Waals surface area (Å²) in [4.78, 5) is 0. The lowest BCUT2D eigenvalue weighted by molar-refractivity contribution is 0.183. The molecule has 0 atom stereocenters. The molecular formula is C13H14F3N3O. The number of rotatable bonds is 6. The molecule has 1 N–H and O–H groups in total. The van der Waals surface area contributed by atoms with Crippen LogP contribution in [-0.2, 0) is 17.8 Å². The third-order valence-corrected chi connectivity index (χ3v) is 2.73. The molecular weight excluding hydrogens is 271 g/mol. The molecule has 2 rings (SSSR count). The summed E-state index contributed by atoms with van der Waals surface area (Å²) in [7, 11) is 1.59. The molecule has 0 amide bonds. The van der Waals surface area contributed by atoms with E-state index < -0.39 is 17.5 Å². The Balaban J connectivity index is 1.98. The fraction of sp³-hybridized carbons (Fsp3) is 0.308. The van der Waals surface area contributed by atoms with Crippen LogP contribution in [0.1, 0.15) is 5.56 Å². The number of hydrogen-bond acceptors (Lipinski definition) is 3. The first-order chi connectivity index (χ1) is 9.60. The van der Waals surface area contributed by atoms with E-state index in [1.54, 1.807) is 24.2 Å². The number of benzene rings is 1. The van der Waals surface area contributed by atoms with Crippen molar-refractivity contribution in [1.29, 1.82) is 0 Å². The number of methoxy groups -OCH3 is 1. The second-order valence-electron chi connectivity index (χ2n) is 4.20. The van der Waals surface area contributed by atoms with Gasteiger partial charge in [-0.25, -0.2) is 13.2 Å². The molecule has 7 heteroatoms. The average molecular weight is 285 g/mol. The molecule has 0 saturated carbocycles. The molecule has 0 radical (unpaired) electrons. The molecule has 0 fully saturated rings. The molecule has 2 aromatic rings. The second-order valence-corrected chi connectivity index (χ2v) is 4.20. The lowest BCUT2D eigenvalue weighted by Crippen LogP contribution is -2.05. The summed E-state index contributed by atoms with van der Waals surface area (Å²) in [6.07, 6.45) is 3.28. The predicted molar refractivity (Wildman–Crippen MR) is 67.7 cm³/mol. The van der Waals surface area contributed by atoms with Gasteiger partial charge in [-0.3, -0.25) is 4.68 Å². The van der Waals surface area contributed by atoms with Crippen LogP contribution in [0.2, 0.25) is 0 Å². The summed E-state index contributed by atoms with van der Waals surface area (Å²) in [5.41, 5.74) is 0.707. The summed E-state index contributed by atoms with van der Waals surface area (Å²) < 4.78 is 45.8. The Morgan fingerprint density at radius 2 is 1.95 bits per heavy atom. The molecule has 20 heavy (non-hydrogen) atoms. The largest absolute Gasteiger partial charge is 0.383 e. The van der Waals surface area contributed by atoms with E-state index in [0.717, 1.165) is 6.07 Å². The Morgan fingerprint density at radius 1 is 1.20 bits per heavy atom. The van der Waals surface area contributed by atoms with E-state index in [2.05, 4.69) is 10.4 Å². The lowest BCUT2D eigenvalue weighted by atomic mass is 10.2. The van der Waals surface area contributed by atoms with Gasteiger partial charge in [0.2, 0.25) is 0 Å². The zero-order chi connectivity index (χ0) is 14.5. The molecule has 1 heterocycles. The van der Waals surface area contributed by atoms with Gasteiger partial charge in [0, 0.05) is 31.5 Å². The van der Waals surface area contributed by atoms with Gasteiger partial charge in [-0.2, -0.15) is 5.10 Å². The average Bonchev–Trinajstić information content (AvgIpc) is 2.87. The van der Waals surface area contributed by atoms with Crippen molar-refractivity contribution in [2.24, 2.45) is 0 Å². The van der Waals surface area contributed by atoms with E-state index in [-0.39, 0.29) is 12.1 Å². The number of halogens is 3. The minimum absolute atomic E-state index is 0.0407. The maximum absolute atomic E-state index is 13.4. The number of anilines is 1. The standard InChI is InChI=1S/C13H14F3N3O/c1-20-3-2-19-8-10(7-18-19)17-6-9-4-12(15)13(16)5-11(9)14/h4-5,7-8,17H,2-3,6H2,1H3. The predicted octanol–water partition coefficient (Wildman–Crippen LogP) is 2.56. The van der Waals surface area contributed by atoms with E-state index >= 15 is 0 Å². The van der Waals surface area contributed by atoms with Crippen LogP contribution in [0, 0.1) is 17.5 Å². The molecule has 0 aliphatic carbocycles. The fourth-order valence-electron chi connectivity index (χ4n) is 1.66. The van der Waals surface area contributed by atoms with Gasteiger partial charge in [0.1, 0.15) is 5.82 Å². The van der Waals surface area contributed by atoms with Crippen molar-refractivity contribution in [3.8, 4) is 0 Å². The van der Waals surface area contributed by atoms with Crippen molar-refractivity contribution >= 4 is 5.69 Å². The summed E-state index contributed by atoms with van der Waals surface area (Å²) >= 11 is 0. The third kappa shape index (κ3) is 3.51. The summed E-state index contributed by atoms with van der Waals surface area (Å²) in [5.74, 6) is -3.05. The fourth-order valence-corrected chi connectivity index (χ4v) is 1.66. The van der Waals surface area contributed by atoms with E-state index in [1.807, 2.05) is 0 Å². The van der Waals surface area contributed by atoms with Gasteiger partial charge < -0.3 is 10.1 Å². The second kappa shape index (κ2) is 6.42. The van der Waals surface area contributed by atoms with Crippen molar-refractivity contribution < 1.29 is 17.9 Å². The minimum atomic E-state index is -1.20. The molecule has 0 saturated heterocycles.